The highest BCUT2D eigenvalue weighted by atomic mass is 16.5. The first-order chi connectivity index (χ1) is 29.8. The van der Waals surface area contributed by atoms with Gasteiger partial charge >= 0.3 is 11.5 Å². The Balaban J connectivity index is 1.27. The van der Waals surface area contributed by atoms with E-state index in [4.69, 9.17) is 18.6 Å². The van der Waals surface area contributed by atoms with E-state index in [2.05, 4.69) is 55.4 Å². The van der Waals surface area contributed by atoms with Gasteiger partial charge in [0.1, 0.15) is 28.8 Å². The van der Waals surface area contributed by atoms with Gasteiger partial charge in [-0.1, -0.05) is 125 Å². The van der Waals surface area contributed by atoms with Crippen LogP contribution in [0.2, 0.25) is 0 Å². The van der Waals surface area contributed by atoms with Crippen LogP contribution in [0.3, 0.4) is 0 Å². The zero-order chi connectivity index (χ0) is 44.5. The van der Waals surface area contributed by atoms with Crippen LogP contribution in [0.1, 0.15) is 175 Å². The second-order valence-electron chi connectivity index (χ2n) is 19.2. The number of allylic oxidation sites excluding steroid dienone is 7. The quantitative estimate of drug-likeness (QED) is 0.0550. The van der Waals surface area contributed by atoms with Crippen LogP contribution in [-0.2, 0) is 14.9 Å². The molecule has 5 rings (SSSR count). The number of ether oxygens (including phenoxy) is 3. The van der Waals surface area contributed by atoms with Crippen LogP contribution in [0.25, 0.3) is 23.2 Å². The molecule has 62 heavy (non-hydrogen) atoms. The molecule has 1 aliphatic carbocycles. The second-order valence-corrected chi connectivity index (χ2v) is 19.2. The minimum Gasteiger partial charge on any atom is -0.506 e. The highest BCUT2D eigenvalue weighted by Crippen LogP contribution is 2.39. The van der Waals surface area contributed by atoms with Gasteiger partial charge in [-0.3, -0.25) is 4.79 Å². The monoisotopic (exact) mass is 844 g/mol. The Labute approximate surface area is 373 Å². The van der Waals surface area contributed by atoms with Gasteiger partial charge in [-0.05, 0) is 118 Å². The van der Waals surface area contributed by atoms with E-state index in [9.17, 15) is 9.90 Å². The molecular formula is C56H75O6+. The maximum Gasteiger partial charge on any atom is 0.360 e. The average Bonchev–Trinajstić information content (AvgIpc) is 3.25. The Morgan fingerprint density at radius 3 is 1.60 bits per heavy atom. The fourth-order valence-corrected chi connectivity index (χ4v) is 7.56. The number of benzene rings is 2. The Morgan fingerprint density at radius 2 is 1.11 bits per heavy atom. The van der Waals surface area contributed by atoms with Crippen LogP contribution >= 0.6 is 0 Å². The molecule has 0 spiro atoms. The van der Waals surface area contributed by atoms with Crippen molar-refractivity contribution in [2.45, 2.75) is 164 Å². The molecule has 0 bridgehead atoms. The summed E-state index contributed by atoms with van der Waals surface area (Å²) >= 11 is 0. The molecular weight excluding hydrogens is 769 g/mol. The number of aliphatic hydroxyl groups excluding tert-OH is 1. The summed E-state index contributed by atoms with van der Waals surface area (Å²) in [5.74, 6) is 4.35. The zero-order valence-electron chi connectivity index (χ0n) is 39.3. The lowest BCUT2D eigenvalue weighted by Crippen LogP contribution is -2.21. The van der Waals surface area contributed by atoms with Gasteiger partial charge in [0.25, 0.3) is 0 Å². The number of unbranched alkanes of at least 4 members (excludes halogenated alkanes) is 14. The fraction of sp³-hybridized carbons (Fsp3) is 0.500. The van der Waals surface area contributed by atoms with Crippen LogP contribution in [-0.4, -0.2) is 24.1 Å². The molecule has 0 fully saturated rings. The maximum absolute atomic E-state index is 13.7. The molecule has 2 heterocycles. The summed E-state index contributed by atoms with van der Waals surface area (Å²) in [5, 5.41) is 11.4. The van der Waals surface area contributed by atoms with Crippen LogP contribution in [0.5, 0.6) is 11.5 Å². The number of carbonyl (C=O) groups excluding carboxylic acids is 1. The number of rotatable bonds is 24. The smallest absolute Gasteiger partial charge is 0.360 e. The molecule has 6 nitrogen and oxygen atoms in total. The van der Waals surface area contributed by atoms with E-state index >= 15 is 0 Å². The van der Waals surface area contributed by atoms with E-state index < -0.39 is 0 Å². The molecule has 2 aromatic carbocycles. The molecule has 334 valence electrons. The van der Waals surface area contributed by atoms with Crippen molar-refractivity contribution in [1.29, 1.82) is 0 Å². The van der Waals surface area contributed by atoms with Gasteiger partial charge in [-0.25, -0.2) is 4.42 Å². The highest BCUT2D eigenvalue weighted by Gasteiger charge is 2.35. The van der Waals surface area contributed by atoms with E-state index in [0.717, 1.165) is 58.1 Å². The Morgan fingerprint density at radius 1 is 0.613 bits per heavy atom. The van der Waals surface area contributed by atoms with Gasteiger partial charge < -0.3 is 19.3 Å². The third kappa shape index (κ3) is 14.6. The fourth-order valence-electron chi connectivity index (χ4n) is 7.56. The summed E-state index contributed by atoms with van der Waals surface area (Å²) in [7, 11) is 0. The summed E-state index contributed by atoms with van der Waals surface area (Å²) in [6.45, 7) is 18.5. The SMILES string of the molecule is CCCCCCCCCCOc1ccc(C2=CC(=CC3=C(O)C(=Cc4cc(-c5ccc(OCCCCCCCCCC)cc5)[o+]c(C(C)(C)C)c4)C3=O)C=C(C(C)(C)C)O2)cc1. The van der Waals surface area contributed by atoms with Crippen molar-refractivity contribution < 1.29 is 28.5 Å². The predicted molar refractivity (Wildman–Crippen MR) is 257 cm³/mol. The lowest BCUT2D eigenvalue weighted by molar-refractivity contribution is -0.113. The highest BCUT2D eigenvalue weighted by molar-refractivity contribution is 6.23. The average molecular weight is 844 g/mol. The van der Waals surface area contributed by atoms with Crippen molar-refractivity contribution in [3.05, 3.63) is 124 Å². The second kappa shape index (κ2) is 23.6. The van der Waals surface area contributed by atoms with Crippen molar-refractivity contribution >= 4 is 17.6 Å². The van der Waals surface area contributed by atoms with Gasteiger partial charge in [-0.2, -0.15) is 0 Å². The Hall–Kier alpha value is -4.84. The third-order valence-corrected chi connectivity index (χ3v) is 11.5. The van der Waals surface area contributed by atoms with Gasteiger partial charge in [0, 0.05) is 17.0 Å². The van der Waals surface area contributed by atoms with E-state index in [-0.39, 0.29) is 33.5 Å². The zero-order valence-corrected chi connectivity index (χ0v) is 39.3. The number of hydrogen-bond donors (Lipinski definition) is 1. The van der Waals surface area contributed by atoms with Gasteiger partial charge in [0.05, 0.1) is 41.4 Å². The Kier molecular flexibility index (Phi) is 18.3. The minimum atomic E-state index is -0.288. The van der Waals surface area contributed by atoms with Crippen molar-refractivity contribution in [1.82, 2.24) is 0 Å². The summed E-state index contributed by atoms with van der Waals surface area (Å²) in [6.07, 6.45) is 27.7. The molecule has 0 amide bonds. The lowest BCUT2D eigenvalue weighted by atomic mass is 9.84. The minimum absolute atomic E-state index is 0.0229. The summed E-state index contributed by atoms with van der Waals surface area (Å²) in [6, 6.07) is 19.9. The first-order valence-electron chi connectivity index (χ1n) is 23.8. The maximum atomic E-state index is 13.7. The van der Waals surface area contributed by atoms with E-state index in [0.29, 0.717) is 24.7 Å². The van der Waals surface area contributed by atoms with E-state index in [1.807, 2.05) is 72.8 Å². The van der Waals surface area contributed by atoms with Crippen molar-refractivity contribution in [2.75, 3.05) is 13.2 Å². The lowest BCUT2D eigenvalue weighted by Gasteiger charge is -2.28. The Bertz CT molecular complexity index is 2060. The molecule has 0 radical (unpaired) electrons. The molecule has 1 N–H and O–H groups in total. The molecule has 1 aliphatic heterocycles. The van der Waals surface area contributed by atoms with Crippen LogP contribution in [0, 0.1) is 5.41 Å². The van der Waals surface area contributed by atoms with Gasteiger partial charge in [0.15, 0.2) is 0 Å². The number of carbonyl (C=O) groups is 1. The number of aliphatic hydroxyl groups is 1. The third-order valence-electron chi connectivity index (χ3n) is 11.5. The number of Topliss-reactive ketones (excluding diaryl/α,β-unsaturated/α-hetero) is 1. The topological polar surface area (TPSA) is 76.3 Å². The summed E-state index contributed by atoms with van der Waals surface area (Å²) < 4.78 is 25.0. The van der Waals surface area contributed by atoms with E-state index in [1.165, 1.54) is 89.9 Å². The van der Waals surface area contributed by atoms with Gasteiger partial charge in [0.2, 0.25) is 5.78 Å². The largest absolute Gasteiger partial charge is 0.506 e. The van der Waals surface area contributed by atoms with Crippen molar-refractivity contribution in [2.24, 2.45) is 5.41 Å². The van der Waals surface area contributed by atoms with E-state index in [1.54, 1.807) is 12.2 Å². The molecule has 0 saturated heterocycles. The van der Waals surface area contributed by atoms with Crippen molar-refractivity contribution in [3.8, 4) is 22.8 Å². The number of ketones is 1. The molecule has 1 aromatic heterocycles. The van der Waals surface area contributed by atoms with Crippen LogP contribution in [0.4, 0.5) is 0 Å². The molecule has 3 aromatic rings. The van der Waals surface area contributed by atoms with Crippen molar-refractivity contribution in [3.63, 3.8) is 0 Å². The molecule has 6 heteroatoms. The summed E-state index contributed by atoms with van der Waals surface area (Å²) in [5.41, 5.74) is 3.35. The first-order valence-corrected chi connectivity index (χ1v) is 23.8. The first kappa shape index (κ1) is 48.2. The molecule has 0 atom stereocenters. The van der Waals surface area contributed by atoms with Gasteiger partial charge in [-0.15, -0.1) is 0 Å². The molecule has 2 aliphatic rings. The predicted octanol–water partition coefficient (Wildman–Crippen LogP) is 16.3. The van der Waals surface area contributed by atoms with Crippen LogP contribution < -0.4 is 9.47 Å². The van der Waals surface area contributed by atoms with Crippen LogP contribution in [0.15, 0.2) is 112 Å². The summed E-state index contributed by atoms with van der Waals surface area (Å²) in [4.78, 5) is 13.7. The standard InChI is InChI=1S/C56H74O6/c1-9-11-13-15-17-19-21-23-33-59-45-29-25-43(26-30-45)49-37-41(39-51(61-49)55(3,4)5)35-47-53(57)48(54(47)58)36-42-38-50(62-52(40-42)56(6,7)8)44-27-31-46(32-28-44)60-34-24-22-20-18-16-14-12-10-2/h25-32,35-40H,9-24,33-34H2,1-8H3/p+1. The molecule has 0 unspecified atom stereocenters. The number of hydrogen-bond acceptors (Lipinski definition) is 5. The molecule has 0 saturated carbocycles. The normalized spacial score (nSPS) is 15.7.